The van der Waals surface area contributed by atoms with Crippen LogP contribution >= 0.6 is 0 Å². The second kappa shape index (κ2) is 8.32. The van der Waals surface area contributed by atoms with Crippen LogP contribution in [0.2, 0.25) is 0 Å². The van der Waals surface area contributed by atoms with Gasteiger partial charge in [0, 0.05) is 19.6 Å². The molecule has 1 atom stereocenters. The van der Waals surface area contributed by atoms with E-state index < -0.39 is 0 Å². The number of hydrogen-bond acceptors (Lipinski definition) is 4. The van der Waals surface area contributed by atoms with Crippen molar-refractivity contribution in [3.63, 3.8) is 0 Å². The molecule has 1 aromatic carbocycles. The van der Waals surface area contributed by atoms with Crippen molar-refractivity contribution >= 4 is 12.0 Å². The van der Waals surface area contributed by atoms with Crippen LogP contribution in [0.15, 0.2) is 30.3 Å². The van der Waals surface area contributed by atoms with Crippen molar-refractivity contribution in [2.24, 2.45) is 0 Å². The van der Waals surface area contributed by atoms with E-state index in [1.807, 2.05) is 31.2 Å². The van der Waals surface area contributed by atoms with Gasteiger partial charge in [0.05, 0.1) is 19.8 Å². The Labute approximate surface area is 114 Å². The lowest BCUT2D eigenvalue weighted by Crippen LogP contribution is -2.11. The molecule has 0 N–H and O–H groups in total. The van der Waals surface area contributed by atoms with E-state index >= 15 is 0 Å². The summed E-state index contributed by atoms with van der Waals surface area (Å²) in [5, 5.41) is 0. The molecule has 0 aliphatic heterocycles. The molecule has 19 heavy (non-hydrogen) atoms. The van der Waals surface area contributed by atoms with Gasteiger partial charge >= 0.3 is 5.97 Å². The van der Waals surface area contributed by atoms with Gasteiger partial charge < -0.3 is 14.2 Å². The number of esters is 1. The lowest BCUT2D eigenvalue weighted by Gasteiger charge is -2.08. The van der Waals surface area contributed by atoms with Gasteiger partial charge in [0.15, 0.2) is 0 Å². The number of benzene rings is 1. The number of methoxy groups -OCH3 is 2. The van der Waals surface area contributed by atoms with Crippen molar-refractivity contribution in [2.75, 3.05) is 20.8 Å². The normalized spacial score (nSPS) is 12.4. The molecule has 4 nitrogen and oxygen atoms in total. The van der Waals surface area contributed by atoms with E-state index in [2.05, 4.69) is 0 Å². The topological polar surface area (TPSA) is 44.8 Å². The molecule has 0 aromatic heterocycles. The van der Waals surface area contributed by atoms with E-state index in [1.54, 1.807) is 20.3 Å². The van der Waals surface area contributed by atoms with Gasteiger partial charge in [-0.25, -0.2) is 4.79 Å². The molecule has 0 unspecified atom stereocenters. The number of rotatable bonds is 7. The van der Waals surface area contributed by atoms with Crippen molar-refractivity contribution in [3.05, 3.63) is 35.9 Å². The van der Waals surface area contributed by atoms with Crippen LogP contribution < -0.4 is 4.74 Å². The Morgan fingerprint density at radius 2 is 1.95 bits per heavy atom. The van der Waals surface area contributed by atoms with Crippen LogP contribution in [0.5, 0.6) is 5.75 Å². The summed E-state index contributed by atoms with van der Waals surface area (Å²) in [5.41, 5.74) is 0.919. The molecule has 1 rings (SSSR count). The first kappa shape index (κ1) is 15.2. The van der Waals surface area contributed by atoms with Gasteiger partial charge in [-0.15, -0.1) is 0 Å². The first-order chi connectivity index (χ1) is 9.15. The third-order valence-corrected chi connectivity index (χ3v) is 2.70. The largest absolute Gasteiger partial charge is 0.497 e. The van der Waals surface area contributed by atoms with E-state index in [-0.39, 0.29) is 12.1 Å². The van der Waals surface area contributed by atoms with Crippen LogP contribution in [0.4, 0.5) is 0 Å². The van der Waals surface area contributed by atoms with Crippen LogP contribution in [0.3, 0.4) is 0 Å². The Morgan fingerprint density at radius 3 is 2.53 bits per heavy atom. The predicted molar refractivity (Wildman–Crippen MR) is 74.1 cm³/mol. The van der Waals surface area contributed by atoms with E-state index in [0.29, 0.717) is 13.0 Å². The highest BCUT2D eigenvalue weighted by Crippen LogP contribution is 2.12. The highest BCUT2D eigenvalue weighted by atomic mass is 16.5. The second-order valence-electron chi connectivity index (χ2n) is 4.11. The van der Waals surface area contributed by atoms with Gasteiger partial charge in [0.2, 0.25) is 0 Å². The highest BCUT2D eigenvalue weighted by Gasteiger charge is 2.01. The fraction of sp³-hybridized carbons (Fsp3) is 0.400. The molecule has 104 valence electrons. The zero-order valence-electron chi connectivity index (χ0n) is 11.6. The van der Waals surface area contributed by atoms with Crippen molar-refractivity contribution in [1.29, 1.82) is 0 Å². The van der Waals surface area contributed by atoms with E-state index in [0.717, 1.165) is 11.3 Å². The summed E-state index contributed by atoms with van der Waals surface area (Å²) in [7, 11) is 3.25. The van der Waals surface area contributed by atoms with Gasteiger partial charge in [-0.1, -0.05) is 12.1 Å². The van der Waals surface area contributed by atoms with Gasteiger partial charge in [-0.3, -0.25) is 0 Å². The highest BCUT2D eigenvalue weighted by molar-refractivity contribution is 5.87. The minimum Gasteiger partial charge on any atom is -0.497 e. The molecule has 0 bridgehead atoms. The van der Waals surface area contributed by atoms with Crippen molar-refractivity contribution in [2.45, 2.75) is 19.4 Å². The Hall–Kier alpha value is -1.81. The zero-order valence-corrected chi connectivity index (χ0v) is 11.6. The molecule has 0 aliphatic rings. The Bertz CT molecular complexity index is 409. The van der Waals surface area contributed by atoms with E-state index in [9.17, 15) is 4.79 Å². The summed E-state index contributed by atoms with van der Waals surface area (Å²) in [6.45, 7) is 2.29. The standard InChI is InChI=1S/C15H20O4/c1-12(17-2)10-11-19-15(16)9-6-13-4-7-14(18-3)8-5-13/h4-9,12H,10-11H2,1-3H3/b9-6+/t12-/m1/s1. The summed E-state index contributed by atoms with van der Waals surface area (Å²) in [6, 6.07) is 7.42. The molecule has 0 saturated heterocycles. The first-order valence-electron chi connectivity index (χ1n) is 6.17. The SMILES string of the molecule is COc1ccc(/C=C/C(=O)OCC[C@@H](C)OC)cc1. The quantitative estimate of drug-likeness (QED) is 0.561. The molecule has 0 radical (unpaired) electrons. The maximum Gasteiger partial charge on any atom is 0.330 e. The molecule has 0 spiro atoms. The summed E-state index contributed by atoms with van der Waals surface area (Å²) < 4.78 is 15.2. The third kappa shape index (κ3) is 6.06. The minimum absolute atomic E-state index is 0.0957. The number of ether oxygens (including phenoxy) is 3. The van der Waals surface area contributed by atoms with Gasteiger partial charge in [-0.2, -0.15) is 0 Å². The van der Waals surface area contributed by atoms with Crippen molar-refractivity contribution < 1.29 is 19.0 Å². The summed E-state index contributed by atoms with van der Waals surface area (Å²) >= 11 is 0. The van der Waals surface area contributed by atoms with E-state index in [4.69, 9.17) is 14.2 Å². The summed E-state index contributed by atoms with van der Waals surface area (Å²) in [4.78, 5) is 11.4. The molecule has 0 amide bonds. The third-order valence-electron chi connectivity index (χ3n) is 2.70. The molecule has 0 heterocycles. The number of carbonyl (C=O) groups excluding carboxylic acids is 1. The summed E-state index contributed by atoms with van der Waals surface area (Å²) in [6.07, 6.45) is 3.91. The lowest BCUT2D eigenvalue weighted by molar-refractivity contribution is -0.138. The second-order valence-corrected chi connectivity index (χ2v) is 4.11. The number of hydrogen-bond donors (Lipinski definition) is 0. The Kier molecular flexibility index (Phi) is 6.68. The minimum atomic E-state index is -0.348. The smallest absolute Gasteiger partial charge is 0.330 e. The van der Waals surface area contributed by atoms with Crippen LogP contribution in [-0.4, -0.2) is 32.9 Å². The van der Waals surface area contributed by atoms with Crippen LogP contribution in [0.25, 0.3) is 6.08 Å². The van der Waals surface area contributed by atoms with E-state index in [1.165, 1.54) is 6.08 Å². The lowest BCUT2D eigenvalue weighted by atomic mass is 10.2. The van der Waals surface area contributed by atoms with Gasteiger partial charge in [0.25, 0.3) is 0 Å². The molecule has 1 aromatic rings. The van der Waals surface area contributed by atoms with Crippen molar-refractivity contribution in [1.82, 2.24) is 0 Å². The molecule has 0 aliphatic carbocycles. The fourth-order valence-electron chi connectivity index (χ4n) is 1.37. The average molecular weight is 264 g/mol. The van der Waals surface area contributed by atoms with Crippen LogP contribution in [-0.2, 0) is 14.3 Å². The predicted octanol–water partition coefficient (Wildman–Crippen LogP) is 2.68. The molecule has 0 saturated carbocycles. The fourth-order valence-corrected chi connectivity index (χ4v) is 1.37. The molecule has 0 fully saturated rings. The maximum absolute atomic E-state index is 11.4. The average Bonchev–Trinajstić information content (AvgIpc) is 2.45. The maximum atomic E-state index is 11.4. The first-order valence-corrected chi connectivity index (χ1v) is 6.17. The number of carbonyl (C=O) groups is 1. The van der Waals surface area contributed by atoms with Crippen LogP contribution in [0.1, 0.15) is 18.9 Å². The molecule has 4 heteroatoms. The Balaban J connectivity index is 2.36. The Morgan fingerprint density at radius 1 is 1.26 bits per heavy atom. The zero-order chi connectivity index (χ0) is 14.1. The monoisotopic (exact) mass is 264 g/mol. The van der Waals surface area contributed by atoms with Crippen LogP contribution in [0, 0.1) is 0 Å². The van der Waals surface area contributed by atoms with Gasteiger partial charge in [-0.05, 0) is 30.7 Å². The van der Waals surface area contributed by atoms with Crippen molar-refractivity contribution in [3.8, 4) is 5.75 Å². The summed E-state index contributed by atoms with van der Waals surface area (Å²) in [5.74, 6) is 0.437. The van der Waals surface area contributed by atoms with Gasteiger partial charge in [0.1, 0.15) is 5.75 Å². The molecular weight excluding hydrogens is 244 g/mol. The molecular formula is C15H20O4.